The van der Waals surface area contributed by atoms with Gasteiger partial charge in [0.1, 0.15) is 5.75 Å². The summed E-state index contributed by atoms with van der Waals surface area (Å²) in [6.45, 7) is 1.22. The number of benzene rings is 2. The Morgan fingerprint density at radius 3 is 2.21 bits per heavy atom. The fraction of sp³-hybridized carbons (Fsp3) is 0.200. The summed E-state index contributed by atoms with van der Waals surface area (Å²) in [6, 6.07) is 16.7. The van der Waals surface area contributed by atoms with Crippen LogP contribution in [0.5, 0.6) is 5.75 Å². The van der Waals surface area contributed by atoms with Gasteiger partial charge in [-0.1, -0.05) is 42.5 Å². The number of rotatable bonds is 5. The molecule has 0 amide bonds. The van der Waals surface area contributed by atoms with Crippen LogP contribution in [0.1, 0.15) is 17.2 Å². The number of phenols is 1. The van der Waals surface area contributed by atoms with E-state index in [2.05, 4.69) is 5.32 Å². The number of halogens is 1. The van der Waals surface area contributed by atoms with Gasteiger partial charge in [0, 0.05) is 13.1 Å². The van der Waals surface area contributed by atoms with Gasteiger partial charge in [-0.2, -0.15) is 0 Å². The van der Waals surface area contributed by atoms with Crippen molar-refractivity contribution >= 4 is 12.4 Å². The molecule has 0 aliphatic carbocycles. The number of hydrogen-bond acceptors (Lipinski definition) is 3. The highest BCUT2D eigenvalue weighted by molar-refractivity contribution is 5.85. The van der Waals surface area contributed by atoms with E-state index in [1.54, 1.807) is 24.3 Å². The van der Waals surface area contributed by atoms with Gasteiger partial charge in [-0.25, -0.2) is 0 Å². The number of aromatic hydroxyl groups is 1. The van der Waals surface area contributed by atoms with E-state index in [-0.39, 0.29) is 18.2 Å². The van der Waals surface area contributed by atoms with E-state index in [0.717, 1.165) is 12.1 Å². The highest BCUT2D eigenvalue weighted by Crippen LogP contribution is 2.16. The summed E-state index contributed by atoms with van der Waals surface area (Å²) in [5.74, 6) is 0.211. The molecule has 0 aromatic heterocycles. The lowest BCUT2D eigenvalue weighted by Crippen LogP contribution is -2.20. The average molecular weight is 280 g/mol. The molecule has 1 unspecified atom stereocenters. The van der Waals surface area contributed by atoms with E-state index in [4.69, 9.17) is 5.11 Å². The predicted octanol–water partition coefficient (Wildman–Crippen LogP) is 2.64. The van der Waals surface area contributed by atoms with Crippen molar-refractivity contribution in [3.63, 3.8) is 0 Å². The third kappa shape index (κ3) is 4.91. The number of hydrogen-bond donors (Lipinski definition) is 3. The zero-order chi connectivity index (χ0) is 12.8. The van der Waals surface area contributed by atoms with Crippen LogP contribution in [0.25, 0.3) is 0 Å². The first-order chi connectivity index (χ1) is 8.75. The number of aliphatic hydroxyl groups is 1. The molecule has 0 bridgehead atoms. The number of nitrogens with one attached hydrogen (secondary N) is 1. The minimum absolute atomic E-state index is 0. The molecule has 0 saturated heterocycles. The van der Waals surface area contributed by atoms with Gasteiger partial charge >= 0.3 is 0 Å². The lowest BCUT2D eigenvalue weighted by atomic mass is 10.1. The smallest absolute Gasteiger partial charge is 0.115 e. The van der Waals surface area contributed by atoms with E-state index in [1.165, 1.54) is 5.56 Å². The molecule has 0 radical (unpaired) electrons. The maximum absolute atomic E-state index is 9.95. The van der Waals surface area contributed by atoms with Gasteiger partial charge in [0.25, 0.3) is 0 Å². The molecule has 2 aromatic rings. The zero-order valence-electron chi connectivity index (χ0n) is 10.5. The average Bonchev–Trinajstić information content (AvgIpc) is 2.40. The van der Waals surface area contributed by atoms with Crippen molar-refractivity contribution in [3.8, 4) is 5.75 Å². The van der Waals surface area contributed by atoms with Crippen LogP contribution in [0, 0.1) is 0 Å². The molecule has 2 aromatic carbocycles. The molecule has 3 N–H and O–H groups in total. The number of aliphatic hydroxyl groups excluding tert-OH is 1. The summed E-state index contributed by atoms with van der Waals surface area (Å²) in [7, 11) is 0. The van der Waals surface area contributed by atoms with Crippen molar-refractivity contribution in [2.75, 3.05) is 6.54 Å². The Morgan fingerprint density at radius 2 is 1.58 bits per heavy atom. The van der Waals surface area contributed by atoms with E-state index >= 15 is 0 Å². The first kappa shape index (κ1) is 15.5. The van der Waals surface area contributed by atoms with Crippen molar-refractivity contribution in [1.82, 2.24) is 5.32 Å². The zero-order valence-corrected chi connectivity index (χ0v) is 11.3. The van der Waals surface area contributed by atoms with Crippen LogP contribution < -0.4 is 5.32 Å². The minimum Gasteiger partial charge on any atom is -0.508 e. The van der Waals surface area contributed by atoms with Gasteiger partial charge in [-0.15, -0.1) is 12.4 Å². The van der Waals surface area contributed by atoms with Gasteiger partial charge in [-0.05, 0) is 23.3 Å². The van der Waals surface area contributed by atoms with Crippen molar-refractivity contribution in [2.24, 2.45) is 0 Å². The van der Waals surface area contributed by atoms with Gasteiger partial charge in [0.05, 0.1) is 6.10 Å². The van der Waals surface area contributed by atoms with E-state index < -0.39 is 6.10 Å². The Balaban J connectivity index is 0.00000180. The van der Waals surface area contributed by atoms with Crippen LogP contribution in [0.3, 0.4) is 0 Å². The van der Waals surface area contributed by atoms with Gasteiger partial charge in [0.15, 0.2) is 0 Å². The second kappa shape index (κ2) is 7.79. The van der Waals surface area contributed by atoms with Crippen LogP contribution in [0.15, 0.2) is 54.6 Å². The summed E-state index contributed by atoms with van der Waals surface area (Å²) >= 11 is 0. The second-order valence-corrected chi connectivity index (χ2v) is 4.22. The van der Waals surface area contributed by atoms with Crippen LogP contribution in [0.4, 0.5) is 0 Å². The fourth-order valence-electron chi connectivity index (χ4n) is 1.76. The highest BCUT2D eigenvalue weighted by atomic mass is 35.5. The Labute approximate surface area is 119 Å². The molecule has 0 fully saturated rings. The Hall–Kier alpha value is -1.55. The molecule has 0 aliphatic heterocycles. The topological polar surface area (TPSA) is 52.5 Å². The van der Waals surface area contributed by atoms with Crippen molar-refractivity contribution in [3.05, 3.63) is 65.7 Å². The molecule has 4 heteroatoms. The van der Waals surface area contributed by atoms with Gasteiger partial charge in [-0.3, -0.25) is 0 Å². The van der Waals surface area contributed by atoms with E-state index in [0.29, 0.717) is 6.54 Å². The molecule has 19 heavy (non-hydrogen) atoms. The summed E-state index contributed by atoms with van der Waals surface area (Å²) in [5.41, 5.74) is 1.99. The molecule has 0 saturated carbocycles. The maximum Gasteiger partial charge on any atom is 0.115 e. The molecule has 0 spiro atoms. The summed E-state index contributed by atoms with van der Waals surface area (Å²) in [4.78, 5) is 0. The highest BCUT2D eigenvalue weighted by Gasteiger charge is 2.06. The largest absolute Gasteiger partial charge is 0.508 e. The second-order valence-electron chi connectivity index (χ2n) is 4.22. The number of phenolic OH excluding ortho intramolecular Hbond substituents is 1. The maximum atomic E-state index is 9.95. The molecule has 3 nitrogen and oxygen atoms in total. The van der Waals surface area contributed by atoms with Crippen LogP contribution in [-0.4, -0.2) is 16.8 Å². The molecule has 102 valence electrons. The summed E-state index contributed by atoms with van der Waals surface area (Å²) in [5, 5.41) is 22.3. The normalized spacial score (nSPS) is 11.6. The Kier molecular flexibility index (Phi) is 6.36. The van der Waals surface area contributed by atoms with Gasteiger partial charge < -0.3 is 15.5 Å². The molecule has 0 aliphatic rings. The SMILES string of the molecule is Cl.Oc1ccc(C(O)CNCc2ccccc2)cc1. The first-order valence-corrected chi connectivity index (χ1v) is 5.97. The quantitative estimate of drug-likeness (QED) is 0.789. The van der Waals surface area contributed by atoms with Gasteiger partial charge in [0.2, 0.25) is 0 Å². The molecule has 0 heterocycles. The first-order valence-electron chi connectivity index (χ1n) is 5.97. The third-order valence-corrected chi connectivity index (χ3v) is 2.79. The third-order valence-electron chi connectivity index (χ3n) is 2.79. The van der Waals surface area contributed by atoms with Crippen molar-refractivity contribution in [2.45, 2.75) is 12.6 Å². The Morgan fingerprint density at radius 1 is 0.947 bits per heavy atom. The van der Waals surface area contributed by atoms with E-state index in [1.807, 2.05) is 30.3 Å². The van der Waals surface area contributed by atoms with Crippen LogP contribution >= 0.6 is 12.4 Å². The summed E-state index contributed by atoms with van der Waals surface area (Å²) < 4.78 is 0. The monoisotopic (exact) mass is 279 g/mol. The molecular weight excluding hydrogens is 262 g/mol. The van der Waals surface area contributed by atoms with E-state index in [9.17, 15) is 5.11 Å². The molecular formula is C15H18ClNO2. The fourth-order valence-corrected chi connectivity index (χ4v) is 1.76. The summed E-state index contributed by atoms with van der Waals surface area (Å²) in [6.07, 6.45) is -0.561. The predicted molar refractivity (Wildman–Crippen MR) is 78.5 cm³/mol. The Bertz CT molecular complexity index is 473. The van der Waals surface area contributed by atoms with Crippen molar-refractivity contribution in [1.29, 1.82) is 0 Å². The molecule has 1 atom stereocenters. The lowest BCUT2D eigenvalue weighted by Gasteiger charge is -2.12. The molecule has 2 rings (SSSR count). The van der Waals surface area contributed by atoms with Crippen LogP contribution in [0.2, 0.25) is 0 Å². The van der Waals surface area contributed by atoms with Crippen molar-refractivity contribution < 1.29 is 10.2 Å². The lowest BCUT2D eigenvalue weighted by molar-refractivity contribution is 0.174. The minimum atomic E-state index is -0.561. The standard InChI is InChI=1S/C15H17NO2.ClH/c17-14-8-6-13(7-9-14)15(18)11-16-10-12-4-2-1-3-5-12;/h1-9,15-18H,10-11H2;1H. The van der Waals surface area contributed by atoms with Crippen LogP contribution in [-0.2, 0) is 6.54 Å².